The molecule has 0 atom stereocenters. The Kier molecular flexibility index (Phi) is 8.79. The van der Waals surface area contributed by atoms with Crippen LogP contribution in [0.4, 0.5) is 0 Å². The molecule has 0 bridgehead atoms. The molecule has 80 valence electrons. The van der Waals surface area contributed by atoms with Crippen LogP contribution in [0, 0.1) is 13.8 Å². The van der Waals surface area contributed by atoms with Gasteiger partial charge in [0.15, 0.2) is 0 Å². The molecule has 1 aliphatic carbocycles. The van der Waals surface area contributed by atoms with Crippen LogP contribution in [0.25, 0.3) is 0 Å². The van der Waals surface area contributed by atoms with Gasteiger partial charge in [0.2, 0.25) is 0 Å². The van der Waals surface area contributed by atoms with Gasteiger partial charge in [-0.3, -0.25) is 0 Å². The Morgan fingerprint density at radius 2 is 1.71 bits per heavy atom. The van der Waals surface area contributed by atoms with E-state index in [0.29, 0.717) is 0 Å². The fraction of sp³-hybridized carbons (Fsp3) is 0.545. The van der Waals surface area contributed by atoms with Crippen molar-refractivity contribution in [1.29, 1.82) is 0 Å². The van der Waals surface area contributed by atoms with Crippen molar-refractivity contribution in [2.45, 2.75) is 39.5 Å². The van der Waals surface area contributed by atoms with Crippen LogP contribution in [-0.2, 0) is 39.0 Å². The predicted octanol–water partition coefficient (Wildman–Crippen LogP) is 3.74. The summed E-state index contributed by atoms with van der Waals surface area (Å²) in [7, 11) is 0. The number of aryl methyl sites for hydroxylation is 2. The molecule has 0 nitrogen and oxygen atoms in total. The minimum atomic E-state index is 0. The predicted molar refractivity (Wildman–Crippen MR) is 62.6 cm³/mol. The Balaban J connectivity index is 0. The average molecular weight is 311 g/mol. The first-order chi connectivity index (χ1) is 5.29. The first kappa shape index (κ1) is 17.2. The molecule has 0 unspecified atom stereocenters. The summed E-state index contributed by atoms with van der Waals surface area (Å²) in [6, 6.07) is 2.34. The van der Waals surface area contributed by atoms with Crippen LogP contribution >= 0.6 is 24.8 Å². The molecule has 2 rings (SSSR count). The largest absolute Gasteiger partial charge is 0.198 e. The molecule has 0 amide bonds. The Morgan fingerprint density at radius 1 is 1.14 bits per heavy atom. The minimum absolute atomic E-state index is 0. The maximum atomic E-state index is 2.34. The van der Waals surface area contributed by atoms with Crippen molar-refractivity contribution in [2.24, 2.45) is 0 Å². The van der Waals surface area contributed by atoms with E-state index in [1.807, 2.05) is 0 Å². The Morgan fingerprint density at radius 3 is 2.29 bits per heavy atom. The van der Waals surface area contributed by atoms with Gasteiger partial charge in [-0.05, 0) is 0 Å². The SMILES string of the molecule is Cc1c[c-](C)c2c1CCCC2.Cl.Cl.[Zr]. The normalized spacial score (nSPS) is 13.0. The molecule has 0 radical (unpaired) electrons. The molecule has 0 N–H and O–H groups in total. The zero-order valence-electron chi connectivity index (χ0n) is 8.72. The van der Waals surface area contributed by atoms with Crippen LogP contribution in [0.15, 0.2) is 6.07 Å². The van der Waals surface area contributed by atoms with Crippen molar-refractivity contribution < 1.29 is 26.2 Å². The van der Waals surface area contributed by atoms with Crippen LogP contribution in [0.5, 0.6) is 0 Å². The van der Waals surface area contributed by atoms with Crippen molar-refractivity contribution in [2.75, 3.05) is 0 Å². The van der Waals surface area contributed by atoms with Crippen molar-refractivity contribution in [3.63, 3.8) is 0 Å². The number of hydrogen-bond donors (Lipinski definition) is 0. The second-order valence-corrected chi connectivity index (χ2v) is 3.67. The summed E-state index contributed by atoms with van der Waals surface area (Å²) < 4.78 is 0. The molecule has 0 fully saturated rings. The minimum Gasteiger partial charge on any atom is -0.198 e. The van der Waals surface area contributed by atoms with E-state index < -0.39 is 0 Å². The summed E-state index contributed by atoms with van der Waals surface area (Å²) >= 11 is 0. The fourth-order valence-corrected chi connectivity index (χ4v) is 2.27. The van der Waals surface area contributed by atoms with Gasteiger partial charge in [0.05, 0.1) is 0 Å². The van der Waals surface area contributed by atoms with E-state index in [1.165, 1.54) is 36.8 Å². The van der Waals surface area contributed by atoms with Crippen molar-refractivity contribution in [1.82, 2.24) is 0 Å². The molecule has 0 heterocycles. The van der Waals surface area contributed by atoms with E-state index in [2.05, 4.69) is 19.9 Å². The van der Waals surface area contributed by atoms with Gasteiger partial charge in [-0.15, -0.1) is 24.8 Å². The van der Waals surface area contributed by atoms with E-state index >= 15 is 0 Å². The van der Waals surface area contributed by atoms with Gasteiger partial charge in [0, 0.05) is 26.2 Å². The molecule has 1 aromatic carbocycles. The van der Waals surface area contributed by atoms with Gasteiger partial charge < -0.3 is 0 Å². The first-order valence-electron chi connectivity index (χ1n) is 4.53. The van der Waals surface area contributed by atoms with E-state index in [-0.39, 0.29) is 51.0 Å². The zero-order valence-corrected chi connectivity index (χ0v) is 12.8. The summed E-state index contributed by atoms with van der Waals surface area (Å²) in [4.78, 5) is 0. The van der Waals surface area contributed by atoms with E-state index in [1.54, 1.807) is 11.1 Å². The van der Waals surface area contributed by atoms with Gasteiger partial charge >= 0.3 is 0 Å². The Labute approximate surface area is 118 Å². The standard InChI is InChI=1S/C11H15.2ClH.Zr/c1-8-7-9(2)11-6-4-3-5-10(8)11;;;/h7H,3-6H2,1-2H3;2*1H;/q-1;;;. The summed E-state index contributed by atoms with van der Waals surface area (Å²) in [5, 5.41) is 0. The van der Waals surface area contributed by atoms with Crippen molar-refractivity contribution >= 4 is 24.8 Å². The first-order valence-corrected chi connectivity index (χ1v) is 4.53. The third-order valence-electron chi connectivity index (χ3n) is 2.85. The molecule has 3 heteroatoms. The smallest absolute Gasteiger partial charge is 0 e. The molecule has 0 saturated heterocycles. The van der Waals surface area contributed by atoms with Crippen LogP contribution in [0.2, 0.25) is 0 Å². The van der Waals surface area contributed by atoms with Crippen LogP contribution in [0.1, 0.15) is 35.1 Å². The van der Waals surface area contributed by atoms with Crippen LogP contribution in [-0.4, -0.2) is 0 Å². The van der Waals surface area contributed by atoms with Gasteiger partial charge in [-0.2, -0.15) is 28.3 Å². The van der Waals surface area contributed by atoms with E-state index in [0.717, 1.165) is 0 Å². The maximum Gasteiger partial charge on any atom is 0 e. The molecule has 0 aliphatic heterocycles. The molecule has 0 saturated carbocycles. The monoisotopic (exact) mass is 309 g/mol. The Bertz CT molecular complexity index is 253. The molecule has 0 aromatic heterocycles. The second kappa shape index (κ2) is 7.15. The van der Waals surface area contributed by atoms with E-state index in [9.17, 15) is 0 Å². The van der Waals surface area contributed by atoms with Gasteiger partial charge in [-0.25, -0.2) is 0 Å². The molecular formula is C11H17Cl2Zr-. The average Bonchev–Trinajstić information content (AvgIpc) is 2.30. The number of rotatable bonds is 0. The topological polar surface area (TPSA) is 0 Å². The number of hydrogen-bond acceptors (Lipinski definition) is 0. The number of fused-ring (bicyclic) bond motifs is 1. The second-order valence-electron chi connectivity index (χ2n) is 3.67. The molecular weight excluding hydrogens is 294 g/mol. The van der Waals surface area contributed by atoms with Gasteiger partial charge in [0.25, 0.3) is 0 Å². The summed E-state index contributed by atoms with van der Waals surface area (Å²) in [6.45, 7) is 4.49. The summed E-state index contributed by atoms with van der Waals surface area (Å²) in [6.07, 6.45) is 5.46. The Hall–Kier alpha value is 0.813. The van der Waals surface area contributed by atoms with Gasteiger partial charge in [0.1, 0.15) is 0 Å². The van der Waals surface area contributed by atoms with Crippen molar-refractivity contribution in [3.8, 4) is 0 Å². The number of halogens is 2. The summed E-state index contributed by atoms with van der Waals surface area (Å²) in [5.74, 6) is 0. The van der Waals surface area contributed by atoms with Crippen LogP contribution in [0.3, 0.4) is 0 Å². The molecule has 14 heavy (non-hydrogen) atoms. The third kappa shape index (κ3) is 3.15. The molecule has 0 spiro atoms. The molecule has 1 aromatic rings. The van der Waals surface area contributed by atoms with Gasteiger partial charge in [-0.1, -0.05) is 39.5 Å². The fourth-order valence-electron chi connectivity index (χ4n) is 2.27. The zero-order chi connectivity index (χ0) is 7.84. The maximum absolute atomic E-state index is 2.34. The summed E-state index contributed by atoms with van der Waals surface area (Å²) in [5.41, 5.74) is 6.37. The third-order valence-corrected chi connectivity index (χ3v) is 2.85. The quantitative estimate of drug-likeness (QED) is 0.640. The van der Waals surface area contributed by atoms with E-state index in [4.69, 9.17) is 0 Å². The van der Waals surface area contributed by atoms with Crippen molar-refractivity contribution in [3.05, 3.63) is 28.3 Å². The molecule has 1 aliphatic rings. The van der Waals surface area contributed by atoms with Crippen LogP contribution < -0.4 is 0 Å².